The fourth-order valence-electron chi connectivity index (χ4n) is 5.83. The maximum atomic E-state index is 10.4. The summed E-state index contributed by atoms with van der Waals surface area (Å²) in [7, 11) is 0. The smallest absolute Gasteiger partial charge is 0.125 e. The topological polar surface area (TPSA) is 60.7 Å². The van der Waals surface area contributed by atoms with Crippen LogP contribution >= 0.6 is 11.8 Å². The predicted molar refractivity (Wildman–Crippen MR) is 140 cm³/mol. The highest BCUT2D eigenvalue weighted by Crippen LogP contribution is 2.56. The van der Waals surface area contributed by atoms with Crippen molar-refractivity contribution in [3.8, 4) is 11.8 Å². The first-order valence-corrected chi connectivity index (χ1v) is 13.7. The third-order valence-electron chi connectivity index (χ3n) is 8.21. The summed E-state index contributed by atoms with van der Waals surface area (Å²) in [5, 5.41) is 31.0. The Morgan fingerprint density at radius 1 is 1.30 bits per heavy atom. The molecule has 0 amide bonds. The van der Waals surface area contributed by atoms with Gasteiger partial charge in [0.1, 0.15) is 5.60 Å². The Kier molecular flexibility index (Phi) is 8.78. The Balaban J connectivity index is 1.69. The van der Waals surface area contributed by atoms with Gasteiger partial charge in [0.25, 0.3) is 0 Å². The van der Waals surface area contributed by atoms with E-state index in [4.69, 9.17) is 0 Å². The van der Waals surface area contributed by atoms with Gasteiger partial charge in [-0.1, -0.05) is 68.6 Å². The minimum atomic E-state index is -0.846. The van der Waals surface area contributed by atoms with E-state index in [1.807, 2.05) is 25.6 Å². The van der Waals surface area contributed by atoms with Gasteiger partial charge in [-0.05, 0) is 74.3 Å². The summed E-state index contributed by atoms with van der Waals surface area (Å²) in [5.41, 5.74) is 4.10. The molecule has 3 rings (SSSR count). The van der Waals surface area contributed by atoms with Gasteiger partial charge in [-0.15, -0.1) is 11.8 Å². The van der Waals surface area contributed by atoms with Crippen molar-refractivity contribution in [3.63, 3.8) is 0 Å². The van der Waals surface area contributed by atoms with Crippen LogP contribution in [0.1, 0.15) is 79.1 Å². The molecule has 1 unspecified atom stereocenters. The average molecular weight is 471 g/mol. The highest BCUT2D eigenvalue weighted by atomic mass is 32.2. The lowest BCUT2D eigenvalue weighted by molar-refractivity contribution is 0.0862. The largest absolute Gasteiger partial charge is 0.393 e. The van der Waals surface area contributed by atoms with Crippen LogP contribution in [0.25, 0.3) is 0 Å². The van der Waals surface area contributed by atoms with Crippen molar-refractivity contribution in [3.05, 3.63) is 47.1 Å². The number of hydrogen-bond acceptors (Lipinski definition) is 4. The van der Waals surface area contributed by atoms with Crippen LogP contribution < -0.4 is 0 Å². The molecule has 0 aliphatic heterocycles. The number of rotatable bonds is 6. The summed E-state index contributed by atoms with van der Waals surface area (Å²) < 4.78 is 0. The van der Waals surface area contributed by atoms with Crippen LogP contribution in [0.2, 0.25) is 0 Å². The van der Waals surface area contributed by atoms with Gasteiger partial charge in [0, 0.05) is 11.7 Å². The Morgan fingerprint density at radius 3 is 2.73 bits per heavy atom. The summed E-state index contributed by atoms with van der Waals surface area (Å²) >= 11 is 1.88. The number of hydrogen-bond donors (Lipinski definition) is 3. The number of thioether (sulfide) groups is 1. The van der Waals surface area contributed by atoms with Crippen LogP contribution in [0, 0.1) is 23.2 Å². The zero-order chi connectivity index (χ0) is 24.2. The molecular weight excluding hydrogens is 428 g/mol. The average Bonchev–Trinajstić information content (AvgIpc) is 3.15. The summed E-state index contributed by atoms with van der Waals surface area (Å²) in [5.74, 6) is 7.55. The lowest BCUT2D eigenvalue weighted by Crippen LogP contribution is -2.33. The van der Waals surface area contributed by atoms with E-state index in [1.54, 1.807) is 5.57 Å². The SMILES string of the molecule is C=C1/C(=C\C=C2/CCC[C@]3(C)C(C(C)SCC#CC(O)(CC)CC)=CC[C@@H]23)C[C@@H](O)C[C@@H]1O. The van der Waals surface area contributed by atoms with Crippen molar-refractivity contribution < 1.29 is 15.3 Å². The van der Waals surface area contributed by atoms with Crippen LogP contribution in [0.4, 0.5) is 0 Å². The fourth-order valence-corrected chi connectivity index (χ4v) is 6.78. The van der Waals surface area contributed by atoms with Crippen LogP contribution in [0.3, 0.4) is 0 Å². The van der Waals surface area contributed by atoms with E-state index in [0.29, 0.717) is 36.9 Å². The molecule has 2 fully saturated rings. The molecule has 4 heteroatoms. The number of aliphatic hydroxyl groups is 3. The Bertz CT molecular complexity index is 882. The van der Waals surface area contributed by atoms with Crippen molar-refractivity contribution in [2.45, 2.75) is 102 Å². The first-order chi connectivity index (χ1) is 15.6. The fraction of sp³-hybridized carbons (Fsp3) is 0.655. The normalized spacial score (nSPS) is 33.5. The molecule has 0 bridgehead atoms. The van der Waals surface area contributed by atoms with Crippen molar-refractivity contribution in [1.29, 1.82) is 0 Å². The molecular formula is C29H42O3S. The molecule has 3 aliphatic rings. The van der Waals surface area contributed by atoms with E-state index >= 15 is 0 Å². The molecule has 3 aliphatic carbocycles. The molecule has 3 nitrogen and oxygen atoms in total. The molecule has 182 valence electrons. The Labute approximate surface area is 205 Å². The Hall–Kier alpha value is -1.25. The molecule has 0 aromatic carbocycles. The lowest BCUT2D eigenvalue weighted by Gasteiger charge is -2.42. The maximum Gasteiger partial charge on any atom is 0.125 e. The zero-order valence-electron chi connectivity index (χ0n) is 20.9. The first-order valence-electron chi connectivity index (χ1n) is 12.6. The molecule has 0 spiro atoms. The third kappa shape index (κ3) is 5.88. The molecule has 0 saturated heterocycles. The van der Waals surface area contributed by atoms with Gasteiger partial charge in [0.2, 0.25) is 0 Å². The summed E-state index contributed by atoms with van der Waals surface area (Å²) in [6.07, 6.45) is 12.6. The molecule has 0 aromatic heterocycles. The van der Waals surface area contributed by atoms with Gasteiger partial charge in [0.05, 0.1) is 18.0 Å². The number of allylic oxidation sites excluding steroid dienone is 4. The van der Waals surface area contributed by atoms with E-state index in [1.165, 1.54) is 18.4 Å². The number of aliphatic hydroxyl groups excluding tert-OH is 2. The number of fused-ring (bicyclic) bond motifs is 1. The minimum Gasteiger partial charge on any atom is -0.393 e. The van der Waals surface area contributed by atoms with Gasteiger partial charge >= 0.3 is 0 Å². The van der Waals surface area contributed by atoms with E-state index in [2.05, 4.69) is 50.5 Å². The summed E-state index contributed by atoms with van der Waals surface area (Å²) in [6, 6.07) is 0. The van der Waals surface area contributed by atoms with Gasteiger partial charge in [-0.2, -0.15) is 0 Å². The van der Waals surface area contributed by atoms with E-state index in [0.717, 1.165) is 29.7 Å². The minimum absolute atomic E-state index is 0.179. The van der Waals surface area contributed by atoms with Gasteiger partial charge < -0.3 is 15.3 Å². The van der Waals surface area contributed by atoms with Crippen LogP contribution in [0.15, 0.2) is 47.1 Å². The summed E-state index contributed by atoms with van der Waals surface area (Å²) in [4.78, 5) is 0. The van der Waals surface area contributed by atoms with Crippen molar-refractivity contribution >= 4 is 11.8 Å². The quantitative estimate of drug-likeness (QED) is 0.343. The van der Waals surface area contributed by atoms with Crippen LogP contribution in [0.5, 0.6) is 0 Å². The highest BCUT2D eigenvalue weighted by molar-refractivity contribution is 8.00. The standard InChI is InChI=1S/C29H42O3S/c1-6-29(32,7-2)16-9-17-33-21(4)25-13-14-26-22(10-8-15-28(25,26)5)11-12-23-18-24(30)19-27(31)20(23)3/h11-13,21,24,26-27,30-32H,3,6-8,10,14-15,17-19H2,1-2,4-5H3/b22-11+,23-12-/t21?,24-,26+,27+,28-/m1/s1. The molecule has 5 atom stereocenters. The van der Waals surface area contributed by atoms with Crippen molar-refractivity contribution in [1.82, 2.24) is 0 Å². The highest BCUT2D eigenvalue weighted by Gasteiger charge is 2.46. The van der Waals surface area contributed by atoms with Crippen LogP contribution in [-0.2, 0) is 0 Å². The Morgan fingerprint density at radius 2 is 2.03 bits per heavy atom. The second-order valence-corrected chi connectivity index (χ2v) is 11.6. The molecule has 0 aromatic rings. The molecule has 33 heavy (non-hydrogen) atoms. The third-order valence-corrected chi connectivity index (χ3v) is 9.27. The van der Waals surface area contributed by atoms with Crippen LogP contribution in [-0.4, -0.2) is 44.1 Å². The molecule has 0 heterocycles. The van der Waals surface area contributed by atoms with Gasteiger partial charge in [-0.25, -0.2) is 0 Å². The monoisotopic (exact) mass is 470 g/mol. The lowest BCUT2D eigenvalue weighted by atomic mass is 9.64. The van der Waals surface area contributed by atoms with Crippen molar-refractivity contribution in [2.24, 2.45) is 11.3 Å². The maximum absolute atomic E-state index is 10.4. The van der Waals surface area contributed by atoms with E-state index in [-0.39, 0.29) is 5.41 Å². The molecule has 0 radical (unpaired) electrons. The first kappa shape index (κ1) is 26.4. The van der Waals surface area contributed by atoms with Crippen molar-refractivity contribution in [2.75, 3.05) is 5.75 Å². The predicted octanol–water partition coefficient (Wildman–Crippen LogP) is 5.72. The summed E-state index contributed by atoms with van der Waals surface area (Å²) in [6.45, 7) is 12.7. The zero-order valence-corrected chi connectivity index (χ0v) is 21.7. The van der Waals surface area contributed by atoms with Gasteiger partial charge in [-0.3, -0.25) is 0 Å². The second-order valence-electron chi connectivity index (χ2n) is 10.3. The van der Waals surface area contributed by atoms with Gasteiger partial charge in [0.15, 0.2) is 0 Å². The molecule has 3 N–H and O–H groups in total. The van der Waals surface area contributed by atoms with E-state index < -0.39 is 17.8 Å². The molecule has 2 saturated carbocycles. The second kappa shape index (κ2) is 11.0. The van der Waals surface area contributed by atoms with E-state index in [9.17, 15) is 15.3 Å².